The zero-order valence-corrected chi connectivity index (χ0v) is 43.2. The summed E-state index contributed by atoms with van der Waals surface area (Å²) in [5.41, 5.74) is 16.8. The van der Waals surface area contributed by atoms with E-state index in [0.717, 1.165) is 22.7 Å². The van der Waals surface area contributed by atoms with Crippen molar-refractivity contribution in [1.82, 2.24) is 0 Å². The normalized spacial score (nSPS) is 13.0. The van der Waals surface area contributed by atoms with Gasteiger partial charge in [-0.25, -0.2) is 0 Å². The molecule has 0 atom stereocenters. The highest BCUT2D eigenvalue weighted by Crippen LogP contribution is 2.65. The molecule has 0 unspecified atom stereocenters. The highest BCUT2D eigenvalue weighted by atomic mass is 32.1. The van der Waals surface area contributed by atoms with Crippen LogP contribution >= 0.6 is 22.7 Å². The number of anilines is 6. The number of benzene rings is 13. The van der Waals surface area contributed by atoms with Gasteiger partial charge in [-0.3, -0.25) is 0 Å². The van der Waals surface area contributed by atoms with Crippen LogP contribution in [0.3, 0.4) is 0 Å². The number of fused-ring (bicyclic) bond motifs is 20. The van der Waals surface area contributed by atoms with Gasteiger partial charge >= 0.3 is 0 Å². The third-order valence-corrected chi connectivity index (χ3v) is 19.2. The monoisotopic (exact) mass is 1010 g/mol. The summed E-state index contributed by atoms with van der Waals surface area (Å²) >= 11 is 3.75. The van der Waals surface area contributed by atoms with Gasteiger partial charge < -0.3 is 9.80 Å². The van der Waals surface area contributed by atoms with Gasteiger partial charge in [-0.15, -0.1) is 22.7 Å². The number of para-hydroxylation sites is 2. The average Bonchev–Trinajstić information content (AvgIpc) is 4.28. The van der Waals surface area contributed by atoms with Crippen molar-refractivity contribution in [2.45, 2.75) is 5.41 Å². The summed E-state index contributed by atoms with van der Waals surface area (Å²) in [6.07, 6.45) is 0. The van der Waals surface area contributed by atoms with Crippen molar-refractivity contribution in [2.75, 3.05) is 9.80 Å². The van der Waals surface area contributed by atoms with Gasteiger partial charge in [0.2, 0.25) is 0 Å². The zero-order chi connectivity index (χ0) is 50.3. The van der Waals surface area contributed by atoms with Crippen LogP contribution in [0.5, 0.6) is 0 Å². The summed E-state index contributed by atoms with van der Waals surface area (Å²) in [4.78, 5) is 4.93. The molecular formula is C73H44N2S2. The minimum absolute atomic E-state index is 0.585. The Balaban J connectivity index is 0.911. The van der Waals surface area contributed by atoms with Crippen molar-refractivity contribution in [3.05, 3.63) is 289 Å². The van der Waals surface area contributed by atoms with E-state index in [1.807, 2.05) is 22.7 Å². The maximum atomic E-state index is 2.55. The van der Waals surface area contributed by atoms with E-state index in [0.29, 0.717) is 0 Å². The molecule has 2 nitrogen and oxygen atoms in total. The summed E-state index contributed by atoms with van der Waals surface area (Å²) in [6, 6.07) is 100. The van der Waals surface area contributed by atoms with E-state index in [1.165, 1.54) is 129 Å². The van der Waals surface area contributed by atoms with Crippen molar-refractivity contribution in [1.29, 1.82) is 0 Å². The Morgan fingerprint density at radius 3 is 1.30 bits per heavy atom. The van der Waals surface area contributed by atoms with Gasteiger partial charge in [-0.1, -0.05) is 170 Å². The maximum Gasteiger partial charge on any atom is 0.0726 e. The molecule has 13 aromatic carbocycles. The zero-order valence-electron chi connectivity index (χ0n) is 41.6. The van der Waals surface area contributed by atoms with Crippen LogP contribution in [0, 0.1) is 0 Å². The second-order valence-electron chi connectivity index (χ2n) is 20.7. The first-order valence-electron chi connectivity index (χ1n) is 26.5. The predicted octanol–water partition coefficient (Wildman–Crippen LogP) is 21.2. The molecule has 0 saturated heterocycles. The van der Waals surface area contributed by atoms with Crippen LogP contribution in [-0.4, -0.2) is 0 Å². The predicted molar refractivity (Wildman–Crippen MR) is 330 cm³/mol. The second-order valence-corrected chi connectivity index (χ2v) is 22.8. The van der Waals surface area contributed by atoms with E-state index in [1.54, 1.807) is 0 Å². The van der Waals surface area contributed by atoms with Gasteiger partial charge in [-0.2, -0.15) is 0 Å². The van der Waals surface area contributed by atoms with Gasteiger partial charge in [0, 0.05) is 53.7 Å². The average molecular weight is 1010 g/mol. The third kappa shape index (κ3) is 6.11. The highest BCUT2D eigenvalue weighted by molar-refractivity contribution is 7.26. The molecule has 2 aliphatic carbocycles. The lowest BCUT2D eigenvalue weighted by Gasteiger charge is -2.31. The van der Waals surface area contributed by atoms with E-state index in [9.17, 15) is 0 Å². The van der Waals surface area contributed by atoms with E-state index in [-0.39, 0.29) is 0 Å². The Labute approximate surface area is 453 Å². The molecule has 0 bridgehead atoms. The van der Waals surface area contributed by atoms with Crippen molar-refractivity contribution in [3.63, 3.8) is 0 Å². The fourth-order valence-electron chi connectivity index (χ4n) is 13.5. The van der Waals surface area contributed by atoms with Crippen LogP contribution < -0.4 is 9.80 Å². The van der Waals surface area contributed by atoms with Gasteiger partial charge in [0.15, 0.2) is 0 Å². The Bertz CT molecular complexity index is 4710. The molecule has 17 rings (SSSR count). The molecule has 0 aliphatic heterocycles. The van der Waals surface area contributed by atoms with Crippen LogP contribution in [0.2, 0.25) is 0 Å². The molecule has 2 aliphatic rings. The summed E-state index contributed by atoms with van der Waals surface area (Å²) in [7, 11) is 0. The molecule has 1 spiro atoms. The quantitative estimate of drug-likeness (QED) is 0.164. The van der Waals surface area contributed by atoms with Crippen molar-refractivity contribution in [2.24, 2.45) is 0 Å². The standard InChI is InChI=1S/C73H44N2S2/c1-3-18-50(19-4-1)74(66-29-15-26-57-55-23-10-13-31-68(55)76-71(57)66)52-36-33-46-41-60-61-42-47-34-37-53(75(51-20-5-2-6-21-51)67-30-16-27-58-56-24-11-14-32-69(56)77-72(58)67)40-49(47)44-65(61)73(64(60)43-48(46)39-52)62-28-12-9-25-59(62)70-54-22-8-7-17-45(54)35-38-63(70)73/h1-44H. The Morgan fingerprint density at radius 1 is 0.260 bits per heavy atom. The van der Waals surface area contributed by atoms with Gasteiger partial charge in [0.05, 0.1) is 26.2 Å². The number of thiophene rings is 2. The molecule has 15 aromatic rings. The first-order valence-corrected chi connectivity index (χ1v) is 28.1. The summed E-state index contributed by atoms with van der Waals surface area (Å²) in [5.74, 6) is 0. The second kappa shape index (κ2) is 16.3. The fraction of sp³-hybridized carbons (Fsp3) is 0.0137. The number of rotatable bonds is 6. The first kappa shape index (κ1) is 43.0. The van der Waals surface area contributed by atoms with Gasteiger partial charge in [-0.05, 0) is 174 Å². The first-order chi connectivity index (χ1) is 38.2. The number of hydrogen-bond donors (Lipinski definition) is 0. The van der Waals surface area contributed by atoms with Crippen LogP contribution in [0.4, 0.5) is 34.1 Å². The van der Waals surface area contributed by atoms with Crippen LogP contribution in [0.25, 0.3) is 94.9 Å². The molecule has 77 heavy (non-hydrogen) atoms. The molecule has 2 heterocycles. The summed E-state index contributed by atoms with van der Waals surface area (Å²) in [5, 5.41) is 12.6. The Morgan fingerprint density at radius 2 is 0.727 bits per heavy atom. The van der Waals surface area contributed by atoms with E-state index < -0.39 is 5.41 Å². The van der Waals surface area contributed by atoms with Crippen LogP contribution in [-0.2, 0) is 5.41 Å². The van der Waals surface area contributed by atoms with Gasteiger partial charge in [0.1, 0.15) is 0 Å². The molecular weight excluding hydrogens is 969 g/mol. The minimum Gasteiger partial charge on any atom is -0.309 e. The van der Waals surface area contributed by atoms with Gasteiger partial charge in [0.25, 0.3) is 0 Å². The molecule has 0 fully saturated rings. The van der Waals surface area contributed by atoms with E-state index in [4.69, 9.17) is 0 Å². The number of hydrogen-bond acceptors (Lipinski definition) is 4. The lowest BCUT2D eigenvalue weighted by atomic mass is 9.70. The minimum atomic E-state index is -0.585. The largest absolute Gasteiger partial charge is 0.309 e. The smallest absolute Gasteiger partial charge is 0.0726 e. The van der Waals surface area contributed by atoms with E-state index >= 15 is 0 Å². The summed E-state index contributed by atoms with van der Waals surface area (Å²) in [6.45, 7) is 0. The molecule has 2 aromatic heterocycles. The van der Waals surface area contributed by atoms with Crippen molar-refractivity contribution < 1.29 is 0 Å². The molecule has 4 heteroatoms. The topological polar surface area (TPSA) is 6.48 Å². The van der Waals surface area contributed by atoms with Crippen molar-refractivity contribution >= 4 is 129 Å². The molecule has 358 valence electrons. The SMILES string of the molecule is c1ccc(N(c2ccc3cc4c(cc3c2)C2(c3cc5cc(N(c6ccccc6)c6cccc7c6sc6ccccc67)ccc5cc3-4)c3ccccc3-c3c2ccc2ccccc32)c2cccc3c2sc2ccccc23)cc1. The molecule has 0 radical (unpaired) electrons. The van der Waals surface area contributed by atoms with Crippen LogP contribution in [0.1, 0.15) is 22.3 Å². The highest BCUT2D eigenvalue weighted by Gasteiger charge is 2.52. The Kier molecular flexibility index (Phi) is 9.12. The lowest BCUT2D eigenvalue weighted by molar-refractivity contribution is 0.797. The van der Waals surface area contributed by atoms with Crippen molar-refractivity contribution in [3.8, 4) is 22.3 Å². The molecule has 0 saturated carbocycles. The number of nitrogens with zero attached hydrogens (tertiary/aromatic N) is 2. The fourth-order valence-corrected chi connectivity index (χ4v) is 15.9. The molecule has 0 amide bonds. The Hall–Kier alpha value is -9.32. The lowest BCUT2D eigenvalue weighted by Crippen LogP contribution is -2.26. The third-order valence-electron chi connectivity index (χ3n) is 16.7. The van der Waals surface area contributed by atoms with Crippen LogP contribution in [0.15, 0.2) is 267 Å². The molecule has 0 N–H and O–H groups in total. The summed E-state index contributed by atoms with van der Waals surface area (Å²) < 4.78 is 5.17. The maximum absolute atomic E-state index is 2.55. The van der Waals surface area contributed by atoms with E-state index in [2.05, 4.69) is 277 Å².